The van der Waals surface area contributed by atoms with Crippen molar-refractivity contribution in [3.63, 3.8) is 0 Å². The minimum Gasteiger partial charge on any atom is -0.382 e. The van der Waals surface area contributed by atoms with Gasteiger partial charge in [0.2, 0.25) is 0 Å². The number of imidazole rings is 1. The number of aromatic amines is 1. The van der Waals surface area contributed by atoms with Crippen LogP contribution in [0.3, 0.4) is 0 Å². The molecule has 0 amide bonds. The second kappa shape index (κ2) is 10.5. The second-order valence-corrected chi connectivity index (χ2v) is 9.64. The van der Waals surface area contributed by atoms with Crippen molar-refractivity contribution >= 4 is 28.3 Å². The summed E-state index contributed by atoms with van der Waals surface area (Å²) in [5, 5.41) is 3.28. The monoisotopic (exact) mass is 511 g/mol. The van der Waals surface area contributed by atoms with Crippen molar-refractivity contribution in [3.05, 3.63) is 59.5 Å². The first-order valence-electron chi connectivity index (χ1n) is 12.0. The Balaban J connectivity index is 1.31. The molecular weight excluding hydrogens is 484 g/mol. The number of hydrogen-bond acceptors (Lipinski definition) is 6. The van der Waals surface area contributed by atoms with Gasteiger partial charge in [-0.2, -0.15) is 0 Å². The lowest BCUT2D eigenvalue weighted by Crippen LogP contribution is -2.49. The largest absolute Gasteiger partial charge is 0.382 e. The van der Waals surface area contributed by atoms with Crippen molar-refractivity contribution in [2.45, 2.75) is 19.9 Å². The van der Waals surface area contributed by atoms with E-state index in [1.54, 1.807) is 12.3 Å². The lowest BCUT2D eigenvalue weighted by Gasteiger charge is -2.36. The average Bonchev–Trinajstić information content (AvgIpc) is 3.36. The minimum atomic E-state index is -0.813. The Kier molecular flexibility index (Phi) is 7.13. The summed E-state index contributed by atoms with van der Waals surface area (Å²) in [4.78, 5) is 21.5. The van der Waals surface area contributed by atoms with Gasteiger partial charge in [-0.25, -0.2) is 18.7 Å². The van der Waals surface area contributed by atoms with Gasteiger partial charge in [-0.05, 0) is 38.1 Å². The van der Waals surface area contributed by atoms with E-state index < -0.39 is 11.6 Å². The van der Waals surface area contributed by atoms with Gasteiger partial charge in [0.1, 0.15) is 17.3 Å². The highest BCUT2D eigenvalue weighted by Gasteiger charge is 2.19. The van der Waals surface area contributed by atoms with Crippen LogP contribution in [0.4, 0.5) is 14.5 Å². The van der Waals surface area contributed by atoms with Gasteiger partial charge < -0.3 is 10.3 Å². The fourth-order valence-electron chi connectivity index (χ4n) is 4.50. The first-order chi connectivity index (χ1) is 17.4. The number of H-pyrrole nitrogens is 1. The Morgan fingerprint density at radius 3 is 2.61 bits per heavy atom. The maximum Gasteiger partial charge on any atom is 0.144 e. The zero-order valence-electron chi connectivity index (χ0n) is 20.2. The highest BCUT2D eigenvalue weighted by molar-refractivity contribution is 6.31. The molecule has 36 heavy (non-hydrogen) atoms. The third kappa shape index (κ3) is 5.18. The van der Waals surface area contributed by atoms with E-state index in [0.29, 0.717) is 28.6 Å². The Hall–Kier alpha value is -3.14. The molecule has 0 atom stereocenters. The van der Waals surface area contributed by atoms with Crippen molar-refractivity contribution in [2.75, 3.05) is 44.6 Å². The summed E-state index contributed by atoms with van der Waals surface area (Å²) in [7, 11) is 0. The van der Waals surface area contributed by atoms with Crippen LogP contribution in [-0.2, 0) is 0 Å². The van der Waals surface area contributed by atoms with Crippen molar-refractivity contribution in [1.29, 1.82) is 0 Å². The van der Waals surface area contributed by atoms with Crippen LogP contribution in [0.25, 0.3) is 33.7 Å². The molecule has 0 saturated carbocycles. The normalized spacial score (nSPS) is 15.2. The third-order valence-corrected chi connectivity index (χ3v) is 6.88. The van der Waals surface area contributed by atoms with E-state index in [1.807, 2.05) is 12.1 Å². The predicted octanol–water partition coefficient (Wildman–Crippen LogP) is 5.06. The molecule has 0 radical (unpaired) electrons. The van der Waals surface area contributed by atoms with Gasteiger partial charge in [0.05, 0.1) is 45.7 Å². The number of aromatic nitrogens is 4. The minimum absolute atomic E-state index is 0.124. The van der Waals surface area contributed by atoms with Gasteiger partial charge in [0, 0.05) is 56.9 Å². The highest BCUT2D eigenvalue weighted by Crippen LogP contribution is 2.33. The number of fused-ring (bicyclic) bond motifs is 1. The molecule has 7 nitrogen and oxygen atoms in total. The Bertz CT molecular complexity index is 1370. The summed E-state index contributed by atoms with van der Waals surface area (Å²) in [6.07, 6.45) is 3.25. The molecule has 0 aliphatic carbocycles. The van der Waals surface area contributed by atoms with Gasteiger partial charge in [-0.1, -0.05) is 11.6 Å². The van der Waals surface area contributed by atoms with E-state index in [0.717, 1.165) is 56.5 Å². The molecule has 0 bridgehead atoms. The number of piperazine rings is 1. The molecule has 4 aromatic rings. The summed E-state index contributed by atoms with van der Waals surface area (Å²) in [5.74, 6) is -1.55. The Labute approximate surface area is 213 Å². The molecule has 4 heterocycles. The van der Waals surface area contributed by atoms with Crippen LogP contribution in [0, 0.1) is 11.6 Å². The molecule has 1 saturated heterocycles. The topological polar surface area (TPSA) is 73.0 Å². The van der Waals surface area contributed by atoms with Crippen molar-refractivity contribution < 1.29 is 8.78 Å². The van der Waals surface area contributed by atoms with E-state index in [4.69, 9.17) is 16.6 Å². The molecule has 1 aliphatic rings. The zero-order chi connectivity index (χ0) is 25.2. The number of rotatable bonds is 7. The Morgan fingerprint density at radius 1 is 1.03 bits per heavy atom. The van der Waals surface area contributed by atoms with Gasteiger partial charge >= 0.3 is 0 Å². The smallest absolute Gasteiger partial charge is 0.144 e. The van der Waals surface area contributed by atoms with Crippen LogP contribution in [-0.4, -0.2) is 75.0 Å². The van der Waals surface area contributed by atoms with Crippen molar-refractivity contribution in [3.8, 4) is 22.6 Å². The van der Waals surface area contributed by atoms with Crippen LogP contribution in [0.15, 0.2) is 42.9 Å². The zero-order valence-corrected chi connectivity index (χ0v) is 21.0. The summed E-state index contributed by atoms with van der Waals surface area (Å²) in [5.41, 5.74) is 3.79. The number of anilines is 1. The molecule has 188 valence electrons. The van der Waals surface area contributed by atoms with Crippen LogP contribution >= 0.6 is 11.6 Å². The SMILES string of the molecule is CC(C)N1CCN(CCNc2cnc3ccc(-c4nc[nH]c4-c4cc(Cl)c(F)cc4F)nc3c2)CC1. The van der Waals surface area contributed by atoms with Gasteiger partial charge in [-0.15, -0.1) is 0 Å². The summed E-state index contributed by atoms with van der Waals surface area (Å²) in [6, 6.07) is 8.18. The van der Waals surface area contributed by atoms with E-state index in [9.17, 15) is 8.78 Å². The highest BCUT2D eigenvalue weighted by atomic mass is 35.5. The van der Waals surface area contributed by atoms with E-state index in [2.05, 4.69) is 43.9 Å². The average molecular weight is 512 g/mol. The van der Waals surface area contributed by atoms with Gasteiger partial charge in [0.25, 0.3) is 0 Å². The molecule has 1 fully saturated rings. The van der Waals surface area contributed by atoms with E-state index in [1.165, 1.54) is 12.4 Å². The van der Waals surface area contributed by atoms with Gasteiger partial charge in [-0.3, -0.25) is 14.8 Å². The lowest BCUT2D eigenvalue weighted by atomic mass is 10.1. The number of nitrogens with zero attached hydrogens (tertiary/aromatic N) is 5. The fourth-order valence-corrected chi connectivity index (χ4v) is 4.67. The molecule has 3 aromatic heterocycles. The fraction of sp³-hybridized carbons (Fsp3) is 0.346. The maximum absolute atomic E-state index is 14.5. The number of pyridine rings is 2. The molecular formula is C26H28ClF2N7. The molecule has 2 N–H and O–H groups in total. The van der Waals surface area contributed by atoms with E-state index in [-0.39, 0.29) is 10.6 Å². The molecule has 10 heteroatoms. The van der Waals surface area contributed by atoms with Crippen molar-refractivity contribution in [1.82, 2.24) is 29.7 Å². The van der Waals surface area contributed by atoms with Crippen LogP contribution < -0.4 is 5.32 Å². The quantitative estimate of drug-likeness (QED) is 0.338. The number of halogens is 3. The van der Waals surface area contributed by atoms with Crippen LogP contribution in [0.2, 0.25) is 5.02 Å². The second-order valence-electron chi connectivity index (χ2n) is 9.23. The summed E-state index contributed by atoms with van der Waals surface area (Å²) in [6.45, 7) is 10.6. The predicted molar refractivity (Wildman–Crippen MR) is 139 cm³/mol. The first-order valence-corrected chi connectivity index (χ1v) is 12.4. The van der Waals surface area contributed by atoms with Crippen LogP contribution in [0.5, 0.6) is 0 Å². The summed E-state index contributed by atoms with van der Waals surface area (Å²) < 4.78 is 28.2. The number of nitrogens with one attached hydrogen (secondary N) is 2. The molecule has 0 spiro atoms. The molecule has 0 unspecified atom stereocenters. The third-order valence-electron chi connectivity index (χ3n) is 6.59. The summed E-state index contributed by atoms with van der Waals surface area (Å²) >= 11 is 5.89. The Morgan fingerprint density at radius 2 is 1.83 bits per heavy atom. The van der Waals surface area contributed by atoms with E-state index >= 15 is 0 Å². The number of hydrogen-bond donors (Lipinski definition) is 2. The molecule has 5 rings (SSSR count). The molecule has 1 aliphatic heterocycles. The standard InChI is InChI=1S/C26H28ClF2N7/c1-16(2)36-9-7-35(8-10-36)6-5-30-17-11-24-22(31-14-17)3-4-23(34-24)26-25(32-15-33-26)18-12-19(27)21(29)13-20(18)28/h3-4,11-16,30H,5-10H2,1-2H3,(H,32,33). The van der Waals surface area contributed by atoms with Gasteiger partial charge in [0.15, 0.2) is 0 Å². The van der Waals surface area contributed by atoms with Crippen molar-refractivity contribution in [2.24, 2.45) is 0 Å². The lowest BCUT2D eigenvalue weighted by molar-refractivity contribution is 0.111. The number of benzene rings is 1. The van der Waals surface area contributed by atoms with Crippen LogP contribution in [0.1, 0.15) is 13.8 Å². The maximum atomic E-state index is 14.5. The first kappa shape index (κ1) is 24.5. The molecule has 1 aromatic carbocycles.